The number of quaternary nitrogens is 1. The van der Waals surface area contributed by atoms with E-state index >= 15 is 0 Å². The minimum absolute atomic E-state index is 0.164. The normalized spacial score (nSPS) is 28.4. The number of benzene rings is 1. The Balaban J connectivity index is 2.35. The standard InChI is InChI=1S/C19H30NO8/c1-20(2,3)7-6-11-8-12(25-4)18(13(9-11)26-5)28-19-17(24)16(23)15(22)14(10-21)27-19/h6-9,14-17,19,21-24H,10H2,1-5H3/q+1/b7-6+/t14-,15-,16+,17-,19-/m1/s1. The van der Waals surface area contributed by atoms with E-state index in [9.17, 15) is 20.4 Å². The molecule has 158 valence electrons. The lowest BCUT2D eigenvalue weighted by Crippen LogP contribution is -2.60. The summed E-state index contributed by atoms with van der Waals surface area (Å²) in [7, 11) is 8.97. The van der Waals surface area contributed by atoms with Crippen molar-refractivity contribution in [3.8, 4) is 17.2 Å². The predicted molar refractivity (Wildman–Crippen MR) is 101 cm³/mol. The van der Waals surface area contributed by atoms with E-state index < -0.39 is 37.3 Å². The lowest BCUT2D eigenvalue weighted by Gasteiger charge is -2.39. The number of hydrogen-bond donors (Lipinski definition) is 4. The van der Waals surface area contributed by atoms with Crippen molar-refractivity contribution in [3.05, 3.63) is 23.9 Å². The number of nitrogens with zero attached hydrogens (tertiary/aromatic N) is 1. The minimum Gasteiger partial charge on any atom is -0.493 e. The van der Waals surface area contributed by atoms with Gasteiger partial charge in [-0.3, -0.25) is 0 Å². The molecule has 2 rings (SSSR count). The van der Waals surface area contributed by atoms with Gasteiger partial charge < -0.3 is 43.9 Å². The molecule has 1 aromatic rings. The molecule has 0 amide bonds. The average Bonchev–Trinajstić information content (AvgIpc) is 2.66. The molecule has 0 unspecified atom stereocenters. The molecule has 0 aliphatic carbocycles. The van der Waals surface area contributed by atoms with Crippen molar-refractivity contribution < 1.29 is 43.9 Å². The van der Waals surface area contributed by atoms with Crippen LogP contribution in [0.4, 0.5) is 0 Å². The van der Waals surface area contributed by atoms with Crippen LogP contribution in [-0.4, -0.2) is 97.6 Å². The highest BCUT2D eigenvalue weighted by molar-refractivity contribution is 5.61. The zero-order valence-corrected chi connectivity index (χ0v) is 16.8. The van der Waals surface area contributed by atoms with E-state index in [2.05, 4.69) is 0 Å². The Morgan fingerprint density at radius 3 is 2.04 bits per heavy atom. The fourth-order valence-corrected chi connectivity index (χ4v) is 2.70. The topological polar surface area (TPSA) is 118 Å². The molecule has 4 N–H and O–H groups in total. The monoisotopic (exact) mass is 400 g/mol. The van der Waals surface area contributed by atoms with Crippen LogP contribution in [0.25, 0.3) is 6.08 Å². The summed E-state index contributed by atoms with van der Waals surface area (Å²) in [5.74, 6) is 0.825. The van der Waals surface area contributed by atoms with Crippen molar-refractivity contribution in [2.45, 2.75) is 30.7 Å². The summed E-state index contributed by atoms with van der Waals surface area (Å²) in [6.45, 7) is -0.548. The number of rotatable bonds is 7. The molecule has 1 aliphatic heterocycles. The largest absolute Gasteiger partial charge is 0.493 e. The summed E-state index contributed by atoms with van der Waals surface area (Å²) in [5, 5.41) is 39.4. The van der Waals surface area contributed by atoms with E-state index in [1.807, 2.05) is 33.4 Å². The Morgan fingerprint density at radius 2 is 1.57 bits per heavy atom. The second kappa shape index (κ2) is 9.08. The highest BCUT2D eigenvalue weighted by Crippen LogP contribution is 2.40. The highest BCUT2D eigenvalue weighted by atomic mass is 16.7. The fraction of sp³-hybridized carbons (Fsp3) is 0.579. The minimum atomic E-state index is -1.54. The Kier molecular flexibility index (Phi) is 7.27. The molecule has 5 atom stereocenters. The van der Waals surface area contributed by atoms with Gasteiger partial charge in [-0.05, 0) is 23.8 Å². The van der Waals surface area contributed by atoms with E-state index in [0.29, 0.717) is 16.0 Å². The molecule has 28 heavy (non-hydrogen) atoms. The van der Waals surface area contributed by atoms with Crippen LogP contribution in [0.3, 0.4) is 0 Å². The first-order chi connectivity index (χ1) is 13.1. The van der Waals surface area contributed by atoms with Crippen LogP contribution in [0.5, 0.6) is 17.2 Å². The second-order valence-corrected chi connectivity index (χ2v) is 7.50. The van der Waals surface area contributed by atoms with Crippen molar-refractivity contribution in [2.24, 2.45) is 0 Å². The smallest absolute Gasteiger partial charge is 0.229 e. The van der Waals surface area contributed by atoms with Crippen LogP contribution >= 0.6 is 0 Å². The van der Waals surface area contributed by atoms with Gasteiger partial charge in [0.05, 0.1) is 48.2 Å². The summed E-state index contributed by atoms with van der Waals surface area (Å²) in [4.78, 5) is 0. The molecule has 1 aromatic carbocycles. The molecule has 9 nitrogen and oxygen atoms in total. The molecule has 0 saturated carbocycles. The number of aliphatic hydroxyl groups is 4. The van der Waals surface area contributed by atoms with Crippen molar-refractivity contribution in [2.75, 3.05) is 42.0 Å². The maximum atomic E-state index is 10.2. The quantitative estimate of drug-likeness (QED) is 0.455. The average molecular weight is 400 g/mol. The van der Waals surface area contributed by atoms with E-state index in [4.69, 9.17) is 18.9 Å². The van der Waals surface area contributed by atoms with Crippen molar-refractivity contribution >= 4 is 6.08 Å². The maximum Gasteiger partial charge on any atom is 0.229 e. The number of aliphatic hydroxyl groups excluding tert-OH is 4. The van der Waals surface area contributed by atoms with Gasteiger partial charge in [0.1, 0.15) is 24.4 Å². The first-order valence-corrected chi connectivity index (χ1v) is 8.84. The molecule has 0 spiro atoms. The summed E-state index contributed by atoms with van der Waals surface area (Å²) in [5.41, 5.74) is 0.808. The Labute approximate surface area is 164 Å². The van der Waals surface area contributed by atoms with Crippen molar-refractivity contribution in [1.29, 1.82) is 0 Å². The van der Waals surface area contributed by atoms with Gasteiger partial charge >= 0.3 is 0 Å². The summed E-state index contributed by atoms with van der Waals surface area (Å²) < 4.78 is 22.5. The second-order valence-electron chi connectivity index (χ2n) is 7.50. The van der Waals surface area contributed by atoms with Crippen LogP contribution in [0.1, 0.15) is 5.56 Å². The molecular weight excluding hydrogens is 370 g/mol. The van der Waals surface area contributed by atoms with Gasteiger partial charge in [-0.25, -0.2) is 0 Å². The molecule has 1 heterocycles. The van der Waals surface area contributed by atoms with Crippen LogP contribution < -0.4 is 14.2 Å². The lowest BCUT2D eigenvalue weighted by molar-refractivity contribution is -0.816. The molecule has 0 radical (unpaired) electrons. The van der Waals surface area contributed by atoms with E-state index in [1.165, 1.54) is 14.2 Å². The molecule has 1 aliphatic rings. The van der Waals surface area contributed by atoms with Crippen molar-refractivity contribution in [3.63, 3.8) is 0 Å². The highest BCUT2D eigenvalue weighted by Gasteiger charge is 2.45. The van der Waals surface area contributed by atoms with Crippen LogP contribution in [-0.2, 0) is 4.74 Å². The third kappa shape index (κ3) is 5.13. The Hall–Kier alpha value is -1.88. The third-order valence-electron chi connectivity index (χ3n) is 4.28. The van der Waals surface area contributed by atoms with Gasteiger partial charge in [-0.1, -0.05) is 0 Å². The summed E-state index contributed by atoms with van der Waals surface area (Å²) in [6, 6.07) is 3.46. The third-order valence-corrected chi connectivity index (χ3v) is 4.28. The number of methoxy groups -OCH3 is 2. The lowest BCUT2D eigenvalue weighted by atomic mass is 9.99. The maximum absolute atomic E-state index is 10.2. The molecular formula is C19H30NO8+. The van der Waals surface area contributed by atoms with Gasteiger partial charge in [0, 0.05) is 0 Å². The van der Waals surface area contributed by atoms with Gasteiger partial charge in [-0.2, -0.15) is 0 Å². The molecule has 0 bridgehead atoms. The van der Waals surface area contributed by atoms with Gasteiger partial charge in [-0.15, -0.1) is 0 Å². The van der Waals surface area contributed by atoms with E-state index in [0.717, 1.165) is 5.56 Å². The predicted octanol–water partition coefficient (Wildman–Crippen LogP) is -0.441. The van der Waals surface area contributed by atoms with Crippen LogP contribution in [0.2, 0.25) is 0 Å². The summed E-state index contributed by atoms with van der Waals surface area (Å²) >= 11 is 0. The molecule has 1 fully saturated rings. The number of hydrogen-bond acceptors (Lipinski definition) is 8. The molecule has 9 heteroatoms. The fourth-order valence-electron chi connectivity index (χ4n) is 2.70. The first kappa shape index (κ1) is 22.4. The van der Waals surface area contributed by atoms with E-state index in [-0.39, 0.29) is 5.75 Å². The first-order valence-electron chi connectivity index (χ1n) is 8.84. The van der Waals surface area contributed by atoms with Crippen LogP contribution in [0.15, 0.2) is 18.3 Å². The molecule has 0 aromatic heterocycles. The Bertz CT molecular complexity index is 660. The Morgan fingerprint density at radius 1 is 1.00 bits per heavy atom. The van der Waals surface area contributed by atoms with Crippen molar-refractivity contribution in [1.82, 2.24) is 0 Å². The van der Waals surface area contributed by atoms with E-state index in [1.54, 1.807) is 12.1 Å². The van der Waals surface area contributed by atoms with Gasteiger partial charge in [0.25, 0.3) is 0 Å². The summed E-state index contributed by atoms with van der Waals surface area (Å²) in [6.07, 6.45) is -3.08. The number of ether oxygens (including phenoxy) is 4. The molecule has 1 saturated heterocycles. The van der Waals surface area contributed by atoms with Gasteiger partial charge in [0.2, 0.25) is 12.0 Å². The zero-order valence-electron chi connectivity index (χ0n) is 16.8. The van der Waals surface area contributed by atoms with Gasteiger partial charge in [0.15, 0.2) is 11.5 Å². The zero-order chi connectivity index (χ0) is 21.1. The SMILES string of the molecule is COc1cc(/C=C/[N+](C)(C)C)cc(OC)c1O[C@H]1O[C@H](CO)[C@@H](O)[C@H](O)[C@H]1O. The van der Waals surface area contributed by atoms with Crippen LogP contribution in [0, 0.1) is 0 Å².